The van der Waals surface area contributed by atoms with Crippen LogP contribution in [0.25, 0.3) is 0 Å². The van der Waals surface area contributed by atoms with Crippen LogP contribution in [-0.2, 0) is 4.74 Å². The maximum atomic E-state index is 12.9. The number of aliphatic imine (C=N–C) groups is 1. The van der Waals surface area contributed by atoms with E-state index in [1.54, 1.807) is 24.3 Å². The summed E-state index contributed by atoms with van der Waals surface area (Å²) in [5, 5.41) is 12.8. The van der Waals surface area contributed by atoms with Crippen molar-refractivity contribution in [3.05, 3.63) is 51.3 Å². The average Bonchev–Trinajstić information content (AvgIpc) is 2.97. The van der Waals surface area contributed by atoms with E-state index in [-0.39, 0.29) is 28.0 Å². The molecule has 2 N–H and O–H groups in total. The van der Waals surface area contributed by atoms with Gasteiger partial charge in [0.1, 0.15) is 0 Å². The van der Waals surface area contributed by atoms with Crippen LogP contribution < -0.4 is 5.56 Å². The summed E-state index contributed by atoms with van der Waals surface area (Å²) in [6.07, 6.45) is 1.62. The Labute approximate surface area is 166 Å². The second kappa shape index (κ2) is 6.93. The first kappa shape index (κ1) is 19.0. The molecule has 1 saturated heterocycles. The van der Waals surface area contributed by atoms with Crippen molar-refractivity contribution in [2.75, 3.05) is 6.61 Å². The summed E-state index contributed by atoms with van der Waals surface area (Å²) in [6.45, 7) is 6.70. The Hall–Kier alpha value is -2.32. The van der Waals surface area contributed by atoms with Crippen molar-refractivity contribution in [2.45, 2.75) is 50.5 Å². The number of nitrogens with one attached hydrogen (secondary N) is 1. The summed E-state index contributed by atoms with van der Waals surface area (Å²) in [4.78, 5) is 28.7. The van der Waals surface area contributed by atoms with Gasteiger partial charge in [0.25, 0.3) is 5.56 Å². The zero-order chi connectivity index (χ0) is 20.1. The molecule has 1 aromatic heterocycles. The third kappa shape index (κ3) is 3.42. The smallest absolute Gasteiger partial charge is 0.335 e. The van der Waals surface area contributed by atoms with Gasteiger partial charge in [-0.3, -0.25) is 14.6 Å². The van der Waals surface area contributed by atoms with Crippen LogP contribution in [0.5, 0.6) is 0 Å². The normalized spacial score (nSPS) is 23.8. The van der Waals surface area contributed by atoms with Crippen LogP contribution in [0.2, 0.25) is 0 Å². The molecule has 0 aliphatic carbocycles. The largest absolute Gasteiger partial charge is 0.478 e. The van der Waals surface area contributed by atoms with E-state index in [0.717, 1.165) is 23.4 Å². The number of carbonyl (C=O) groups is 1. The van der Waals surface area contributed by atoms with E-state index in [1.165, 1.54) is 11.8 Å². The summed E-state index contributed by atoms with van der Waals surface area (Å²) >= 11 is 1.51. The van der Waals surface area contributed by atoms with Crippen LogP contribution >= 0.6 is 11.8 Å². The van der Waals surface area contributed by atoms with Gasteiger partial charge in [0.05, 0.1) is 33.1 Å². The molecule has 1 aromatic carbocycles. The van der Waals surface area contributed by atoms with Gasteiger partial charge in [0, 0.05) is 6.61 Å². The lowest BCUT2D eigenvalue weighted by Crippen LogP contribution is -2.35. The highest BCUT2D eigenvalue weighted by molar-refractivity contribution is 8.14. The summed E-state index contributed by atoms with van der Waals surface area (Å²) in [6, 6.07) is 6.82. The molecular formula is C20H23N3O4S. The Morgan fingerprint density at radius 1 is 1.36 bits per heavy atom. The first-order valence-corrected chi connectivity index (χ1v) is 10.2. The SMILES string of the molecule is CC1=Nc2c(c(=O)[nH]n2C2CCOC(C)(C)C2)C(c2ccc(C(=O)O)cc2)S1. The van der Waals surface area contributed by atoms with Crippen molar-refractivity contribution < 1.29 is 14.6 Å². The molecule has 2 aliphatic heterocycles. The van der Waals surface area contributed by atoms with Gasteiger partial charge >= 0.3 is 5.97 Å². The molecule has 0 amide bonds. The van der Waals surface area contributed by atoms with Gasteiger partial charge in [-0.05, 0) is 51.3 Å². The molecule has 0 spiro atoms. The van der Waals surface area contributed by atoms with Gasteiger partial charge < -0.3 is 9.84 Å². The summed E-state index contributed by atoms with van der Waals surface area (Å²) < 4.78 is 7.72. The van der Waals surface area contributed by atoms with E-state index < -0.39 is 5.97 Å². The molecule has 0 radical (unpaired) electrons. The maximum absolute atomic E-state index is 12.9. The predicted octanol–water partition coefficient (Wildman–Crippen LogP) is 3.89. The number of carboxylic acids is 1. The molecule has 2 unspecified atom stereocenters. The summed E-state index contributed by atoms with van der Waals surface area (Å²) in [5.41, 5.74) is 1.36. The minimum Gasteiger partial charge on any atom is -0.478 e. The van der Waals surface area contributed by atoms with E-state index in [4.69, 9.17) is 9.84 Å². The number of benzene rings is 1. The zero-order valence-electron chi connectivity index (χ0n) is 16.1. The molecule has 3 heterocycles. The quantitative estimate of drug-likeness (QED) is 0.813. The van der Waals surface area contributed by atoms with Crippen molar-refractivity contribution in [2.24, 2.45) is 4.99 Å². The van der Waals surface area contributed by atoms with Gasteiger partial charge in [-0.2, -0.15) is 0 Å². The van der Waals surface area contributed by atoms with Gasteiger partial charge in [-0.15, -0.1) is 0 Å². The number of hydrogen-bond acceptors (Lipinski definition) is 5. The van der Waals surface area contributed by atoms with Crippen LogP contribution in [0.3, 0.4) is 0 Å². The van der Waals surface area contributed by atoms with Crippen molar-refractivity contribution in [1.29, 1.82) is 0 Å². The molecule has 8 heteroatoms. The average molecular weight is 401 g/mol. The number of thioether (sulfide) groups is 1. The van der Waals surface area contributed by atoms with Gasteiger partial charge in [0.2, 0.25) is 0 Å². The maximum Gasteiger partial charge on any atom is 0.335 e. The van der Waals surface area contributed by atoms with E-state index in [0.29, 0.717) is 18.0 Å². The van der Waals surface area contributed by atoms with Crippen molar-refractivity contribution >= 4 is 28.6 Å². The highest BCUT2D eigenvalue weighted by Crippen LogP contribution is 2.45. The Morgan fingerprint density at radius 2 is 2.07 bits per heavy atom. The van der Waals surface area contributed by atoms with Crippen LogP contribution in [0.4, 0.5) is 5.82 Å². The third-order valence-corrected chi connectivity index (χ3v) is 6.42. The second-order valence-electron chi connectivity index (χ2n) is 7.86. The number of fused-ring (bicyclic) bond motifs is 1. The zero-order valence-corrected chi connectivity index (χ0v) is 16.9. The molecule has 148 valence electrons. The lowest BCUT2D eigenvalue weighted by atomic mass is 9.94. The van der Waals surface area contributed by atoms with E-state index in [9.17, 15) is 9.59 Å². The van der Waals surface area contributed by atoms with E-state index >= 15 is 0 Å². The number of rotatable bonds is 3. The number of hydrogen-bond donors (Lipinski definition) is 2. The van der Waals surface area contributed by atoms with Crippen molar-refractivity contribution in [3.63, 3.8) is 0 Å². The molecule has 7 nitrogen and oxygen atoms in total. The van der Waals surface area contributed by atoms with Crippen molar-refractivity contribution in [1.82, 2.24) is 9.78 Å². The molecule has 1 fully saturated rings. The molecule has 2 aromatic rings. The number of aromatic nitrogens is 2. The fourth-order valence-corrected chi connectivity index (χ4v) is 5.03. The molecular weight excluding hydrogens is 378 g/mol. The number of nitrogens with zero attached hydrogens (tertiary/aromatic N) is 2. The predicted molar refractivity (Wildman–Crippen MR) is 109 cm³/mol. The second-order valence-corrected chi connectivity index (χ2v) is 9.16. The number of carboxylic acid groups (broad SMARTS) is 1. The summed E-state index contributed by atoms with van der Waals surface area (Å²) in [7, 11) is 0. The van der Waals surface area contributed by atoms with Crippen molar-refractivity contribution in [3.8, 4) is 0 Å². The lowest BCUT2D eigenvalue weighted by Gasteiger charge is -2.36. The Balaban J connectivity index is 1.76. The highest BCUT2D eigenvalue weighted by Gasteiger charge is 2.35. The van der Waals surface area contributed by atoms with Gasteiger partial charge in [-0.1, -0.05) is 23.9 Å². The fraction of sp³-hybridized carbons (Fsp3) is 0.450. The van der Waals surface area contributed by atoms with Crippen LogP contribution in [-0.4, -0.2) is 38.1 Å². The van der Waals surface area contributed by atoms with Crippen LogP contribution in [0.15, 0.2) is 34.1 Å². The number of aromatic amines is 1. The third-order valence-electron chi connectivity index (χ3n) is 5.25. The van der Waals surface area contributed by atoms with Gasteiger partial charge in [-0.25, -0.2) is 9.79 Å². The standard InChI is InChI=1S/C20H23N3O4S/c1-11-21-17-15(16(28-11)12-4-6-13(7-5-12)19(25)26)18(24)22-23(17)14-8-9-27-20(2,3)10-14/h4-7,14,16H,8-10H2,1-3H3,(H,22,24)(H,25,26). The number of H-pyrrole nitrogens is 1. The monoisotopic (exact) mass is 401 g/mol. The Bertz CT molecular complexity index is 1000. The topological polar surface area (TPSA) is 96.7 Å². The first-order chi connectivity index (χ1) is 13.2. The lowest BCUT2D eigenvalue weighted by molar-refractivity contribution is -0.0705. The highest BCUT2D eigenvalue weighted by atomic mass is 32.2. The molecule has 0 saturated carbocycles. The van der Waals surface area contributed by atoms with Gasteiger partial charge in [0.15, 0.2) is 5.82 Å². The minimum absolute atomic E-state index is 0.120. The Kier molecular flexibility index (Phi) is 4.71. The van der Waals surface area contributed by atoms with E-state index in [1.807, 2.05) is 11.6 Å². The molecule has 28 heavy (non-hydrogen) atoms. The van der Waals surface area contributed by atoms with Crippen LogP contribution in [0.1, 0.15) is 66.4 Å². The molecule has 0 bridgehead atoms. The minimum atomic E-state index is -0.965. The summed E-state index contributed by atoms with van der Waals surface area (Å²) in [5.74, 6) is -0.288. The molecule has 2 aliphatic rings. The first-order valence-electron chi connectivity index (χ1n) is 9.29. The fourth-order valence-electron chi connectivity index (χ4n) is 3.93. The van der Waals surface area contributed by atoms with Crippen LogP contribution in [0, 0.1) is 0 Å². The molecule has 4 rings (SSSR count). The number of aromatic carboxylic acids is 1. The molecule has 2 atom stereocenters. The Morgan fingerprint density at radius 3 is 2.71 bits per heavy atom. The number of ether oxygens (including phenoxy) is 1. The van der Waals surface area contributed by atoms with E-state index in [2.05, 4.69) is 23.9 Å².